The lowest BCUT2D eigenvalue weighted by Gasteiger charge is -2.29. The highest BCUT2D eigenvalue weighted by atomic mass is 19.1. The number of fused-ring (bicyclic) bond motifs is 1. The lowest BCUT2D eigenvalue weighted by molar-refractivity contribution is 0.0342. The van der Waals surface area contributed by atoms with E-state index in [4.69, 9.17) is 9.47 Å². The first-order valence-corrected chi connectivity index (χ1v) is 17.0. The second-order valence-electron chi connectivity index (χ2n) is 12.8. The SMILES string of the molecule is O=C(NC1CCC(NC(=O)c2nc3ccccc3[nH]c2=O)CC1)c1cc(F)cnc1Oc1cccc(-c2ccc(O)cc2CN2CCOCC2)c1. The summed E-state index contributed by atoms with van der Waals surface area (Å²) in [5.41, 5.74) is 2.97. The highest BCUT2D eigenvalue weighted by Crippen LogP contribution is 2.33. The summed E-state index contributed by atoms with van der Waals surface area (Å²) >= 11 is 0. The van der Waals surface area contributed by atoms with Gasteiger partial charge in [0.25, 0.3) is 17.4 Å². The minimum absolute atomic E-state index is 0.0423. The molecule has 2 aliphatic rings. The van der Waals surface area contributed by atoms with Gasteiger partial charge in [0.2, 0.25) is 5.88 Å². The van der Waals surface area contributed by atoms with Crippen molar-refractivity contribution in [1.82, 2.24) is 30.5 Å². The zero-order valence-electron chi connectivity index (χ0n) is 27.7. The van der Waals surface area contributed by atoms with Crippen molar-refractivity contribution in [3.63, 3.8) is 0 Å². The van der Waals surface area contributed by atoms with Gasteiger partial charge in [-0.3, -0.25) is 19.3 Å². The van der Waals surface area contributed by atoms with Crippen LogP contribution in [0.5, 0.6) is 17.4 Å². The van der Waals surface area contributed by atoms with Crippen LogP contribution in [0.1, 0.15) is 52.1 Å². The molecule has 12 nitrogen and oxygen atoms in total. The van der Waals surface area contributed by atoms with Gasteiger partial charge < -0.3 is 30.2 Å². The average Bonchev–Trinajstić information content (AvgIpc) is 3.13. The third kappa shape index (κ3) is 8.05. The van der Waals surface area contributed by atoms with Crippen molar-refractivity contribution in [2.75, 3.05) is 26.3 Å². The highest BCUT2D eigenvalue weighted by Gasteiger charge is 2.27. The van der Waals surface area contributed by atoms with Crippen LogP contribution in [-0.4, -0.2) is 75.2 Å². The van der Waals surface area contributed by atoms with Gasteiger partial charge in [0.15, 0.2) is 5.69 Å². The van der Waals surface area contributed by atoms with E-state index in [1.54, 1.807) is 42.5 Å². The number of phenols is 1. The van der Waals surface area contributed by atoms with Gasteiger partial charge in [-0.2, -0.15) is 0 Å². The van der Waals surface area contributed by atoms with E-state index in [0.29, 0.717) is 62.2 Å². The summed E-state index contributed by atoms with van der Waals surface area (Å²) in [6.07, 6.45) is 3.23. The summed E-state index contributed by atoms with van der Waals surface area (Å²) in [5, 5.41) is 16.1. The summed E-state index contributed by atoms with van der Waals surface area (Å²) in [4.78, 5) is 52.2. The minimum atomic E-state index is -0.679. The van der Waals surface area contributed by atoms with Crippen molar-refractivity contribution in [3.05, 3.63) is 112 Å². The van der Waals surface area contributed by atoms with Gasteiger partial charge >= 0.3 is 0 Å². The predicted octanol–water partition coefficient (Wildman–Crippen LogP) is 4.93. The normalized spacial score (nSPS) is 17.9. The largest absolute Gasteiger partial charge is 0.508 e. The van der Waals surface area contributed by atoms with Gasteiger partial charge in [-0.1, -0.05) is 30.3 Å². The van der Waals surface area contributed by atoms with E-state index in [2.05, 4.69) is 30.5 Å². The molecular weight excluding hydrogens is 655 g/mol. The molecule has 0 atom stereocenters. The van der Waals surface area contributed by atoms with E-state index in [1.807, 2.05) is 24.3 Å². The van der Waals surface area contributed by atoms with E-state index in [-0.39, 0.29) is 35.0 Å². The fourth-order valence-corrected chi connectivity index (χ4v) is 6.58. The van der Waals surface area contributed by atoms with E-state index in [1.165, 1.54) is 0 Å². The standard InChI is InChI=1S/C38H37FN6O6/c39-25-20-31(35(47)41-26-8-10-27(11-9-26)42-36(48)34-37(49)44-33-7-2-1-6-32(33)43-34)38(40-21-25)51-29-5-3-4-23(19-29)30-13-12-28(46)18-24(30)22-45-14-16-50-17-15-45/h1-7,12-13,18-21,26-27,46H,8-11,14-17,22H2,(H,41,47)(H,42,48)(H,44,49). The Morgan fingerprint density at radius 3 is 2.47 bits per heavy atom. The van der Waals surface area contributed by atoms with Gasteiger partial charge in [0, 0.05) is 31.7 Å². The summed E-state index contributed by atoms with van der Waals surface area (Å²) in [6, 6.07) is 20.2. The maximum Gasteiger partial charge on any atom is 0.280 e. The van der Waals surface area contributed by atoms with Gasteiger partial charge in [-0.15, -0.1) is 0 Å². The topological polar surface area (TPSA) is 159 Å². The van der Waals surface area contributed by atoms with Crippen molar-refractivity contribution in [2.45, 2.75) is 44.3 Å². The lowest BCUT2D eigenvalue weighted by atomic mass is 9.91. The number of rotatable bonds is 9. The number of hydrogen-bond acceptors (Lipinski definition) is 9. The van der Waals surface area contributed by atoms with Gasteiger partial charge in [-0.25, -0.2) is 14.4 Å². The number of aromatic nitrogens is 3. The van der Waals surface area contributed by atoms with Crippen LogP contribution in [0.4, 0.5) is 4.39 Å². The molecule has 3 aromatic carbocycles. The molecule has 1 saturated carbocycles. The molecule has 0 radical (unpaired) electrons. The molecule has 1 aliphatic carbocycles. The first-order valence-electron chi connectivity index (χ1n) is 17.0. The molecule has 2 amide bonds. The highest BCUT2D eigenvalue weighted by molar-refractivity contribution is 5.96. The number of pyridine rings is 1. The van der Waals surface area contributed by atoms with Crippen LogP contribution in [0.15, 0.2) is 83.8 Å². The van der Waals surface area contributed by atoms with Crippen LogP contribution in [0, 0.1) is 5.82 Å². The van der Waals surface area contributed by atoms with Crippen LogP contribution < -0.4 is 20.9 Å². The summed E-state index contributed by atoms with van der Waals surface area (Å²) in [7, 11) is 0. The molecule has 1 aliphatic heterocycles. The second kappa shape index (κ2) is 15.1. The number of morpholine rings is 1. The molecule has 13 heteroatoms. The Hall–Kier alpha value is -5.66. The Morgan fingerprint density at radius 1 is 0.941 bits per heavy atom. The summed E-state index contributed by atoms with van der Waals surface area (Å²) in [6.45, 7) is 3.54. The van der Waals surface area contributed by atoms with Crippen molar-refractivity contribution in [2.24, 2.45) is 0 Å². The number of ether oxygens (including phenoxy) is 2. The number of benzene rings is 3. The Kier molecular flexibility index (Phi) is 9.99. The van der Waals surface area contributed by atoms with E-state index >= 15 is 0 Å². The average molecular weight is 693 g/mol. The Labute approximate surface area is 292 Å². The van der Waals surface area contributed by atoms with E-state index < -0.39 is 23.2 Å². The van der Waals surface area contributed by atoms with Gasteiger partial charge in [0.1, 0.15) is 22.9 Å². The zero-order valence-corrected chi connectivity index (χ0v) is 27.7. The predicted molar refractivity (Wildman–Crippen MR) is 187 cm³/mol. The van der Waals surface area contributed by atoms with Crippen molar-refractivity contribution < 1.29 is 28.6 Å². The minimum Gasteiger partial charge on any atom is -0.508 e. The molecule has 4 N–H and O–H groups in total. The van der Waals surface area contributed by atoms with E-state index in [0.717, 1.165) is 42.0 Å². The molecule has 262 valence electrons. The molecule has 3 heterocycles. The molecule has 2 aromatic heterocycles. The number of carbonyl (C=O) groups is 2. The Balaban J connectivity index is 0.997. The van der Waals surface area contributed by atoms with Crippen LogP contribution >= 0.6 is 0 Å². The fourth-order valence-electron chi connectivity index (χ4n) is 6.58. The number of carbonyl (C=O) groups excluding carboxylic acids is 2. The van der Waals surface area contributed by atoms with Crippen LogP contribution in [0.25, 0.3) is 22.2 Å². The number of halogens is 1. The lowest BCUT2D eigenvalue weighted by Crippen LogP contribution is -2.45. The molecule has 0 unspecified atom stereocenters. The number of nitrogens with one attached hydrogen (secondary N) is 3. The second-order valence-corrected chi connectivity index (χ2v) is 12.8. The molecule has 0 bridgehead atoms. The monoisotopic (exact) mass is 692 g/mol. The maximum atomic E-state index is 14.4. The molecule has 5 aromatic rings. The summed E-state index contributed by atoms with van der Waals surface area (Å²) in [5.74, 6) is -1.22. The quantitative estimate of drug-likeness (QED) is 0.168. The number of aromatic hydroxyl groups is 1. The van der Waals surface area contributed by atoms with Gasteiger partial charge in [-0.05, 0) is 84.8 Å². The first-order chi connectivity index (χ1) is 24.8. The third-order valence-corrected chi connectivity index (χ3v) is 9.22. The molecule has 7 rings (SSSR count). The third-order valence-electron chi connectivity index (χ3n) is 9.22. The number of phenolic OH excluding ortho intramolecular Hbond substituents is 1. The molecule has 0 spiro atoms. The number of nitrogens with zero attached hydrogens (tertiary/aromatic N) is 3. The number of aromatic amines is 1. The van der Waals surface area contributed by atoms with Crippen LogP contribution in [0.2, 0.25) is 0 Å². The van der Waals surface area contributed by atoms with Crippen molar-refractivity contribution in [3.8, 4) is 28.5 Å². The zero-order chi connectivity index (χ0) is 35.3. The van der Waals surface area contributed by atoms with Crippen molar-refractivity contribution >= 4 is 22.8 Å². The molecule has 51 heavy (non-hydrogen) atoms. The van der Waals surface area contributed by atoms with E-state index in [9.17, 15) is 23.9 Å². The fraction of sp³-hybridized carbons (Fsp3) is 0.289. The number of para-hydroxylation sites is 2. The summed E-state index contributed by atoms with van der Waals surface area (Å²) < 4.78 is 26.0. The number of amides is 2. The number of H-pyrrole nitrogens is 1. The molecule has 2 fully saturated rings. The number of hydrogen-bond donors (Lipinski definition) is 4. The van der Waals surface area contributed by atoms with Crippen LogP contribution in [-0.2, 0) is 11.3 Å². The van der Waals surface area contributed by atoms with Crippen LogP contribution in [0.3, 0.4) is 0 Å². The molecule has 1 saturated heterocycles. The van der Waals surface area contributed by atoms with Gasteiger partial charge in [0.05, 0.1) is 30.4 Å². The Bertz CT molecular complexity index is 2130. The smallest absolute Gasteiger partial charge is 0.280 e. The Morgan fingerprint density at radius 2 is 1.69 bits per heavy atom. The van der Waals surface area contributed by atoms with Crippen molar-refractivity contribution in [1.29, 1.82) is 0 Å². The first kappa shape index (κ1) is 33.8. The molecular formula is C38H37FN6O6. The maximum absolute atomic E-state index is 14.4.